The van der Waals surface area contributed by atoms with E-state index >= 15 is 0 Å². The number of hydrogen-bond acceptors (Lipinski definition) is 1. The fourth-order valence-electron chi connectivity index (χ4n) is 2.96. The van der Waals surface area contributed by atoms with E-state index in [2.05, 4.69) is 26.0 Å². The minimum Gasteiger partial charge on any atom is -0.289 e. The summed E-state index contributed by atoms with van der Waals surface area (Å²) in [5.41, 5.74) is 2.86. The largest absolute Gasteiger partial charge is 0.289 e. The summed E-state index contributed by atoms with van der Waals surface area (Å²) in [5.74, 6) is 0.632. The minimum absolute atomic E-state index is 0.142. The molecule has 0 saturated heterocycles. The molecular formula is C20H24O. The minimum atomic E-state index is 0.142. The van der Waals surface area contributed by atoms with Gasteiger partial charge in [0, 0.05) is 11.1 Å². The summed E-state index contributed by atoms with van der Waals surface area (Å²) in [6.07, 6.45) is 4.59. The standard InChI is InChI=1S/C20H24O/c1-3-10-16(11-4-2)18-14-8-9-15-19(18)20(21)17-12-6-5-7-13-17/h5-9,12-16H,3-4,10-11H2,1-2H3. The first-order chi connectivity index (χ1) is 10.3. The van der Waals surface area contributed by atoms with E-state index in [0.29, 0.717) is 5.92 Å². The van der Waals surface area contributed by atoms with Gasteiger partial charge in [0.2, 0.25) is 0 Å². The molecular weight excluding hydrogens is 256 g/mol. The van der Waals surface area contributed by atoms with E-state index in [1.54, 1.807) is 0 Å². The van der Waals surface area contributed by atoms with Gasteiger partial charge in [0.05, 0.1) is 0 Å². The van der Waals surface area contributed by atoms with E-state index in [0.717, 1.165) is 36.8 Å². The molecule has 0 fully saturated rings. The molecule has 0 saturated carbocycles. The molecule has 0 radical (unpaired) electrons. The molecule has 0 unspecified atom stereocenters. The maximum absolute atomic E-state index is 12.8. The molecule has 0 aromatic heterocycles. The molecule has 0 amide bonds. The molecule has 2 aromatic rings. The molecule has 0 aliphatic heterocycles. The van der Waals surface area contributed by atoms with E-state index in [9.17, 15) is 4.79 Å². The first kappa shape index (κ1) is 15.5. The molecule has 0 aliphatic rings. The van der Waals surface area contributed by atoms with Crippen molar-refractivity contribution in [3.8, 4) is 0 Å². The zero-order valence-corrected chi connectivity index (χ0v) is 13.0. The van der Waals surface area contributed by atoms with Crippen LogP contribution in [-0.4, -0.2) is 5.78 Å². The van der Waals surface area contributed by atoms with E-state index in [1.165, 1.54) is 5.56 Å². The highest BCUT2D eigenvalue weighted by Gasteiger charge is 2.18. The number of rotatable bonds is 7. The van der Waals surface area contributed by atoms with Crippen LogP contribution in [0.1, 0.15) is 66.9 Å². The quantitative estimate of drug-likeness (QED) is 0.603. The van der Waals surface area contributed by atoms with Gasteiger partial charge in [-0.2, -0.15) is 0 Å². The van der Waals surface area contributed by atoms with Gasteiger partial charge in [0.25, 0.3) is 0 Å². The number of benzene rings is 2. The van der Waals surface area contributed by atoms with Crippen molar-refractivity contribution in [2.24, 2.45) is 0 Å². The lowest BCUT2D eigenvalue weighted by molar-refractivity contribution is 0.103. The van der Waals surface area contributed by atoms with Crippen molar-refractivity contribution in [3.63, 3.8) is 0 Å². The van der Waals surface area contributed by atoms with Crippen LogP contribution >= 0.6 is 0 Å². The van der Waals surface area contributed by atoms with Crippen LogP contribution in [-0.2, 0) is 0 Å². The molecule has 21 heavy (non-hydrogen) atoms. The maximum atomic E-state index is 12.8. The summed E-state index contributed by atoms with van der Waals surface area (Å²) in [7, 11) is 0. The van der Waals surface area contributed by atoms with Crippen LogP contribution in [0, 0.1) is 0 Å². The number of ketones is 1. The monoisotopic (exact) mass is 280 g/mol. The highest BCUT2D eigenvalue weighted by molar-refractivity contribution is 6.10. The molecule has 1 heteroatoms. The van der Waals surface area contributed by atoms with Crippen molar-refractivity contribution < 1.29 is 4.79 Å². The highest BCUT2D eigenvalue weighted by atomic mass is 16.1. The molecule has 0 atom stereocenters. The smallest absolute Gasteiger partial charge is 0.193 e. The number of carbonyl (C=O) groups is 1. The molecule has 2 rings (SSSR count). The van der Waals surface area contributed by atoms with Crippen molar-refractivity contribution in [2.75, 3.05) is 0 Å². The number of hydrogen-bond donors (Lipinski definition) is 0. The van der Waals surface area contributed by atoms with Crippen LogP contribution in [0.2, 0.25) is 0 Å². The second-order valence-electron chi connectivity index (χ2n) is 5.56. The third kappa shape index (κ3) is 3.81. The van der Waals surface area contributed by atoms with Gasteiger partial charge < -0.3 is 0 Å². The Morgan fingerprint density at radius 1 is 0.857 bits per heavy atom. The molecule has 0 heterocycles. The van der Waals surface area contributed by atoms with Gasteiger partial charge in [0.15, 0.2) is 5.78 Å². The Kier molecular flexibility index (Phi) is 5.74. The molecule has 0 spiro atoms. The SMILES string of the molecule is CCCC(CCC)c1ccccc1C(=O)c1ccccc1. The Morgan fingerprint density at radius 3 is 2.05 bits per heavy atom. The van der Waals surface area contributed by atoms with Crippen molar-refractivity contribution in [3.05, 3.63) is 71.3 Å². The maximum Gasteiger partial charge on any atom is 0.193 e. The zero-order chi connectivity index (χ0) is 15.1. The Bertz CT molecular complexity index is 565. The molecule has 0 aliphatic carbocycles. The molecule has 0 N–H and O–H groups in total. The molecule has 2 aromatic carbocycles. The van der Waals surface area contributed by atoms with Crippen molar-refractivity contribution in [1.82, 2.24) is 0 Å². The Balaban J connectivity index is 2.38. The lowest BCUT2D eigenvalue weighted by atomic mass is 9.85. The van der Waals surface area contributed by atoms with Crippen molar-refractivity contribution in [1.29, 1.82) is 0 Å². The summed E-state index contributed by atoms with van der Waals surface area (Å²) < 4.78 is 0. The summed E-state index contributed by atoms with van der Waals surface area (Å²) in [4.78, 5) is 12.8. The van der Waals surface area contributed by atoms with Crippen LogP contribution in [0.3, 0.4) is 0 Å². The first-order valence-corrected chi connectivity index (χ1v) is 7.96. The van der Waals surface area contributed by atoms with Crippen LogP contribution in [0.15, 0.2) is 54.6 Å². The summed E-state index contributed by atoms with van der Waals surface area (Å²) in [6, 6.07) is 17.7. The van der Waals surface area contributed by atoms with Gasteiger partial charge in [-0.3, -0.25) is 4.79 Å². The topological polar surface area (TPSA) is 17.1 Å². The van der Waals surface area contributed by atoms with Crippen molar-refractivity contribution in [2.45, 2.75) is 45.4 Å². The van der Waals surface area contributed by atoms with E-state index in [4.69, 9.17) is 0 Å². The fourth-order valence-corrected chi connectivity index (χ4v) is 2.96. The van der Waals surface area contributed by atoms with E-state index in [-0.39, 0.29) is 5.78 Å². The van der Waals surface area contributed by atoms with E-state index in [1.807, 2.05) is 42.5 Å². The summed E-state index contributed by atoms with van der Waals surface area (Å²) in [5, 5.41) is 0. The highest BCUT2D eigenvalue weighted by Crippen LogP contribution is 2.30. The van der Waals surface area contributed by atoms with Crippen LogP contribution < -0.4 is 0 Å². The fraction of sp³-hybridized carbons (Fsp3) is 0.350. The zero-order valence-electron chi connectivity index (χ0n) is 13.0. The van der Waals surface area contributed by atoms with Gasteiger partial charge in [-0.15, -0.1) is 0 Å². The van der Waals surface area contributed by atoms with Gasteiger partial charge in [-0.1, -0.05) is 81.3 Å². The Hall–Kier alpha value is -1.89. The first-order valence-electron chi connectivity index (χ1n) is 7.96. The predicted octanol–water partition coefficient (Wildman–Crippen LogP) is 5.60. The average molecular weight is 280 g/mol. The molecule has 1 nitrogen and oxygen atoms in total. The summed E-state index contributed by atoms with van der Waals surface area (Å²) >= 11 is 0. The van der Waals surface area contributed by atoms with Crippen molar-refractivity contribution >= 4 is 5.78 Å². The predicted molar refractivity (Wildman–Crippen MR) is 88.9 cm³/mol. The third-order valence-corrected chi connectivity index (χ3v) is 3.96. The van der Waals surface area contributed by atoms with Crippen LogP contribution in [0.25, 0.3) is 0 Å². The lowest BCUT2D eigenvalue weighted by Crippen LogP contribution is -2.09. The normalized spacial score (nSPS) is 10.8. The average Bonchev–Trinajstić information content (AvgIpc) is 2.55. The van der Waals surface area contributed by atoms with Gasteiger partial charge in [-0.05, 0) is 24.3 Å². The number of carbonyl (C=O) groups excluding carboxylic acids is 1. The van der Waals surface area contributed by atoms with Gasteiger partial charge in [0.1, 0.15) is 0 Å². The second kappa shape index (κ2) is 7.78. The van der Waals surface area contributed by atoms with Crippen LogP contribution in [0.4, 0.5) is 0 Å². The molecule has 0 bridgehead atoms. The van der Waals surface area contributed by atoms with Gasteiger partial charge >= 0.3 is 0 Å². The summed E-state index contributed by atoms with van der Waals surface area (Å²) in [6.45, 7) is 4.43. The lowest BCUT2D eigenvalue weighted by Gasteiger charge is -2.19. The second-order valence-corrected chi connectivity index (χ2v) is 5.56. The Labute approximate surface area is 128 Å². The van der Waals surface area contributed by atoms with Crippen LogP contribution in [0.5, 0.6) is 0 Å². The molecule has 110 valence electrons. The third-order valence-electron chi connectivity index (χ3n) is 3.96. The Morgan fingerprint density at radius 2 is 1.43 bits per heavy atom. The van der Waals surface area contributed by atoms with E-state index < -0.39 is 0 Å². The van der Waals surface area contributed by atoms with Gasteiger partial charge in [-0.25, -0.2) is 0 Å².